The number of nitrogens with zero attached hydrogens (tertiary/aromatic N) is 3. The van der Waals surface area contributed by atoms with Crippen molar-refractivity contribution in [2.24, 2.45) is 5.73 Å². The number of benzene rings is 2. The highest BCUT2D eigenvalue weighted by Gasteiger charge is 2.09. The third-order valence-electron chi connectivity index (χ3n) is 5.04. The van der Waals surface area contributed by atoms with Crippen molar-refractivity contribution in [3.63, 3.8) is 0 Å². The molecule has 0 aliphatic rings. The van der Waals surface area contributed by atoms with Gasteiger partial charge in [0.2, 0.25) is 17.8 Å². The van der Waals surface area contributed by atoms with Gasteiger partial charge in [0.05, 0.1) is 40.6 Å². The van der Waals surface area contributed by atoms with E-state index in [9.17, 15) is 4.39 Å². The third-order valence-corrected chi connectivity index (χ3v) is 5.04. The van der Waals surface area contributed by atoms with Gasteiger partial charge >= 0.3 is 0 Å². The number of hydrogen-bond donors (Lipinski definition) is 4. The van der Waals surface area contributed by atoms with Gasteiger partial charge in [-0.2, -0.15) is 15.0 Å². The summed E-state index contributed by atoms with van der Waals surface area (Å²) < 4.78 is 35.0. The summed E-state index contributed by atoms with van der Waals surface area (Å²) in [6.45, 7) is 3.67. The molecule has 200 valence electrons. The number of anilines is 3. The van der Waals surface area contributed by atoms with Crippen LogP contribution >= 0.6 is 0 Å². The van der Waals surface area contributed by atoms with Gasteiger partial charge in [-0.15, -0.1) is 0 Å². The lowest BCUT2D eigenvalue weighted by Gasteiger charge is -2.13. The van der Waals surface area contributed by atoms with Gasteiger partial charge in [0.15, 0.2) is 11.5 Å². The van der Waals surface area contributed by atoms with E-state index < -0.39 is 0 Å². The molecule has 0 saturated carbocycles. The van der Waals surface area contributed by atoms with Crippen LogP contribution in [0.15, 0.2) is 42.5 Å². The number of rotatable bonds is 17. The van der Waals surface area contributed by atoms with Gasteiger partial charge in [-0.05, 0) is 35.4 Å². The molecule has 12 heteroatoms. The molecule has 0 unspecified atom stereocenters. The largest absolute Gasteiger partial charge is 0.493 e. The second-order valence-electron chi connectivity index (χ2n) is 7.77. The van der Waals surface area contributed by atoms with Gasteiger partial charge in [0.1, 0.15) is 5.82 Å². The standard InChI is InChI=1S/C25H34FN7O4/c1-34-21-7-6-19(15-22(21)35-2)17-30-25-32-23(28-9-11-37-13-12-36-10-8-27)31-24(33-25)29-16-18-4-3-5-20(26)14-18/h3-7,14-15H,8-13,16-17,27H2,1-2H3,(H3,28,29,30,31,32,33). The first kappa shape index (κ1) is 27.8. The van der Waals surface area contributed by atoms with E-state index in [0.29, 0.717) is 82.0 Å². The van der Waals surface area contributed by atoms with Crippen LogP contribution in [0.4, 0.5) is 22.2 Å². The monoisotopic (exact) mass is 515 g/mol. The number of nitrogens with two attached hydrogens (primary N) is 1. The Bertz CT molecular complexity index is 1110. The highest BCUT2D eigenvalue weighted by atomic mass is 19.1. The van der Waals surface area contributed by atoms with Crippen LogP contribution in [0.2, 0.25) is 0 Å². The molecule has 0 fully saturated rings. The molecule has 3 rings (SSSR count). The Hall–Kier alpha value is -3.74. The molecule has 37 heavy (non-hydrogen) atoms. The normalized spacial score (nSPS) is 10.7. The smallest absolute Gasteiger partial charge is 0.229 e. The van der Waals surface area contributed by atoms with E-state index in [0.717, 1.165) is 11.1 Å². The molecule has 0 aliphatic heterocycles. The zero-order valence-electron chi connectivity index (χ0n) is 21.1. The van der Waals surface area contributed by atoms with Crippen molar-refractivity contribution in [3.05, 3.63) is 59.4 Å². The first-order valence-corrected chi connectivity index (χ1v) is 11.9. The molecule has 0 saturated heterocycles. The van der Waals surface area contributed by atoms with Crippen LogP contribution in [-0.2, 0) is 22.6 Å². The van der Waals surface area contributed by atoms with Gasteiger partial charge in [-0.1, -0.05) is 18.2 Å². The quantitative estimate of drug-likeness (QED) is 0.197. The zero-order chi connectivity index (χ0) is 26.3. The van der Waals surface area contributed by atoms with Crippen LogP contribution in [0, 0.1) is 5.82 Å². The molecule has 0 bridgehead atoms. The number of methoxy groups -OCH3 is 2. The lowest BCUT2D eigenvalue weighted by Crippen LogP contribution is -2.17. The first-order valence-electron chi connectivity index (χ1n) is 11.9. The van der Waals surface area contributed by atoms with Crippen LogP contribution < -0.4 is 31.2 Å². The van der Waals surface area contributed by atoms with E-state index in [1.54, 1.807) is 20.3 Å². The summed E-state index contributed by atoms with van der Waals surface area (Å²) >= 11 is 0. The van der Waals surface area contributed by atoms with E-state index in [1.165, 1.54) is 12.1 Å². The highest BCUT2D eigenvalue weighted by Crippen LogP contribution is 2.27. The number of aromatic nitrogens is 3. The fraction of sp³-hybridized carbons (Fsp3) is 0.400. The fourth-order valence-corrected chi connectivity index (χ4v) is 3.25. The molecular weight excluding hydrogens is 481 g/mol. The van der Waals surface area contributed by atoms with Crippen molar-refractivity contribution in [3.8, 4) is 11.5 Å². The van der Waals surface area contributed by atoms with Crippen LogP contribution in [0.5, 0.6) is 11.5 Å². The molecule has 0 amide bonds. The summed E-state index contributed by atoms with van der Waals surface area (Å²) in [4.78, 5) is 13.3. The number of ether oxygens (including phenoxy) is 4. The summed E-state index contributed by atoms with van der Waals surface area (Å²) in [5.41, 5.74) is 7.10. The van der Waals surface area contributed by atoms with Gasteiger partial charge in [0, 0.05) is 26.2 Å². The average molecular weight is 516 g/mol. The Labute approximate surface area is 215 Å². The minimum Gasteiger partial charge on any atom is -0.493 e. The van der Waals surface area contributed by atoms with Gasteiger partial charge in [-0.25, -0.2) is 4.39 Å². The Kier molecular flexibility index (Phi) is 11.6. The van der Waals surface area contributed by atoms with Crippen molar-refractivity contribution in [2.45, 2.75) is 13.1 Å². The predicted octanol–water partition coefficient (Wildman–Crippen LogP) is 2.66. The summed E-state index contributed by atoms with van der Waals surface area (Å²) in [5.74, 6) is 2.05. The van der Waals surface area contributed by atoms with E-state index in [4.69, 9.17) is 24.7 Å². The van der Waals surface area contributed by atoms with E-state index >= 15 is 0 Å². The molecule has 5 N–H and O–H groups in total. The molecule has 0 atom stereocenters. The maximum atomic E-state index is 13.5. The Morgan fingerprint density at radius 1 is 0.730 bits per heavy atom. The lowest BCUT2D eigenvalue weighted by atomic mass is 10.2. The SMILES string of the molecule is COc1ccc(CNc2nc(NCCOCCOCCN)nc(NCc3cccc(F)c3)n2)cc1OC. The molecule has 1 aromatic heterocycles. The van der Waals surface area contributed by atoms with E-state index in [2.05, 4.69) is 30.9 Å². The summed E-state index contributed by atoms with van der Waals surface area (Å²) in [5, 5.41) is 9.48. The van der Waals surface area contributed by atoms with Crippen molar-refractivity contribution >= 4 is 17.8 Å². The molecule has 1 heterocycles. The minimum absolute atomic E-state index is 0.303. The van der Waals surface area contributed by atoms with Crippen molar-refractivity contribution in [2.75, 3.05) is 69.7 Å². The molecule has 0 radical (unpaired) electrons. The lowest BCUT2D eigenvalue weighted by molar-refractivity contribution is 0.0547. The van der Waals surface area contributed by atoms with E-state index in [1.807, 2.05) is 24.3 Å². The molecule has 2 aromatic carbocycles. The van der Waals surface area contributed by atoms with Crippen molar-refractivity contribution < 1.29 is 23.3 Å². The zero-order valence-corrected chi connectivity index (χ0v) is 21.1. The Morgan fingerprint density at radius 2 is 1.35 bits per heavy atom. The number of hydrogen-bond acceptors (Lipinski definition) is 11. The molecule has 0 spiro atoms. The van der Waals surface area contributed by atoms with Crippen LogP contribution in [-0.4, -0.2) is 68.7 Å². The molecular formula is C25H34FN7O4. The van der Waals surface area contributed by atoms with Crippen LogP contribution in [0.1, 0.15) is 11.1 Å². The fourth-order valence-electron chi connectivity index (χ4n) is 3.25. The molecule has 0 aliphatic carbocycles. The van der Waals surface area contributed by atoms with Crippen molar-refractivity contribution in [1.29, 1.82) is 0 Å². The topological polar surface area (TPSA) is 138 Å². The Morgan fingerprint density at radius 3 is 1.97 bits per heavy atom. The van der Waals surface area contributed by atoms with Crippen LogP contribution in [0.3, 0.4) is 0 Å². The number of nitrogens with one attached hydrogen (secondary N) is 3. The third kappa shape index (κ3) is 9.67. The molecule has 11 nitrogen and oxygen atoms in total. The maximum Gasteiger partial charge on any atom is 0.229 e. The second-order valence-corrected chi connectivity index (χ2v) is 7.77. The maximum absolute atomic E-state index is 13.5. The summed E-state index contributed by atoms with van der Waals surface area (Å²) in [6.07, 6.45) is 0. The van der Waals surface area contributed by atoms with Crippen molar-refractivity contribution in [1.82, 2.24) is 15.0 Å². The average Bonchev–Trinajstić information content (AvgIpc) is 2.92. The minimum atomic E-state index is -0.303. The van der Waals surface area contributed by atoms with Gasteiger partial charge in [0.25, 0.3) is 0 Å². The van der Waals surface area contributed by atoms with Gasteiger partial charge in [-0.3, -0.25) is 0 Å². The predicted molar refractivity (Wildman–Crippen MR) is 140 cm³/mol. The second kappa shape index (κ2) is 15.4. The highest BCUT2D eigenvalue weighted by molar-refractivity contribution is 5.46. The van der Waals surface area contributed by atoms with Crippen LogP contribution in [0.25, 0.3) is 0 Å². The molecule has 3 aromatic rings. The summed E-state index contributed by atoms with van der Waals surface area (Å²) in [6, 6.07) is 12.0. The Balaban J connectivity index is 1.63. The summed E-state index contributed by atoms with van der Waals surface area (Å²) in [7, 11) is 3.18. The number of halogens is 1. The van der Waals surface area contributed by atoms with E-state index in [-0.39, 0.29) is 5.82 Å². The van der Waals surface area contributed by atoms with Gasteiger partial charge < -0.3 is 40.6 Å². The first-order chi connectivity index (χ1) is 18.1.